The van der Waals surface area contributed by atoms with Crippen LogP contribution in [0, 0.1) is 13.8 Å². The molecule has 27 heavy (non-hydrogen) atoms. The molecule has 3 aromatic rings. The minimum Gasteiger partial charge on any atom is -0.349 e. The lowest BCUT2D eigenvalue weighted by molar-refractivity contribution is 0.102. The summed E-state index contributed by atoms with van der Waals surface area (Å²) in [6.07, 6.45) is 0. The second-order valence-electron chi connectivity index (χ2n) is 6.39. The number of imidazole rings is 1. The van der Waals surface area contributed by atoms with Crippen molar-refractivity contribution in [1.82, 2.24) is 14.1 Å². The summed E-state index contributed by atoms with van der Waals surface area (Å²) >= 11 is 1.33. The Morgan fingerprint density at radius 1 is 1.26 bits per heavy atom. The van der Waals surface area contributed by atoms with E-state index in [-0.39, 0.29) is 16.4 Å². The van der Waals surface area contributed by atoms with Gasteiger partial charge in [-0.1, -0.05) is 11.8 Å². The Labute approximate surface area is 162 Å². The van der Waals surface area contributed by atoms with Crippen LogP contribution >= 0.6 is 11.8 Å². The largest absolute Gasteiger partial charge is 0.349 e. The van der Waals surface area contributed by atoms with Crippen molar-refractivity contribution in [3.8, 4) is 0 Å². The van der Waals surface area contributed by atoms with E-state index in [1.807, 2.05) is 31.5 Å². The molecule has 0 bridgehead atoms. The van der Waals surface area contributed by atoms with E-state index in [0.29, 0.717) is 10.7 Å². The maximum atomic E-state index is 12.7. The minimum atomic E-state index is -3.78. The number of carbonyl (C=O) groups is 1. The first kappa shape index (κ1) is 19.7. The van der Waals surface area contributed by atoms with Gasteiger partial charge in [0.2, 0.25) is 10.0 Å². The van der Waals surface area contributed by atoms with Gasteiger partial charge in [0.05, 0.1) is 21.7 Å². The molecule has 0 saturated heterocycles. The number of sulfonamides is 1. The molecule has 0 spiro atoms. The number of hydrogen-bond acceptors (Lipinski definition) is 5. The Hall–Kier alpha value is -2.10. The third-order valence-corrected chi connectivity index (χ3v) is 6.60. The van der Waals surface area contributed by atoms with Crippen LogP contribution in [0.25, 0.3) is 11.0 Å². The second kappa shape index (κ2) is 7.14. The summed E-state index contributed by atoms with van der Waals surface area (Å²) in [5.74, 6) is 0.304. The lowest BCUT2D eigenvalue weighted by Crippen LogP contribution is -2.11. The van der Waals surface area contributed by atoms with Crippen molar-refractivity contribution in [2.45, 2.75) is 37.4 Å². The normalized spacial score (nSPS) is 12.0. The number of primary sulfonamides is 1. The van der Waals surface area contributed by atoms with Crippen molar-refractivity contribution in [2.75, 3.05) is 5.75 Å². The molecule has 9 heteroatoms. The number of carbonyl (C=O) groups excluding carboxylic acids is 1. The van der Waals surface area contributed by atoms with Gasteiger partial charge in [-0.2, -0.15) is 0 Å². The molecule has 7 nitrogen and oxygen atoms in total. The minimum absolute atomic E-state index is 0.0210. The van der Waals surface area contributed by atoms with Crippen LogP contribution in [0.3, 0.4) is 0 Å². The topological polar surface area (TPSA) is 100.0 Å². The number of benzene rings is 1. The third-order valence-electron chi connectivity index (χ3n) is 4.66. The molecule has 0 atom stereocenters. The summed E-state index contributed by atoms with van der Waals surface area (Å²) in [6, 6.07) is 6.50. The van der Waals surface area contributed by atoms with Crippen LogP contribution in [0.1, 0.15) is 28.7 Å². The Morgan fingerprint density at radius 3 is 2.56 bits per heavy atom. The fraction of sp³-hybridized carbons (Fsp3) is 0.333. The number of aryl methyl sites for hydroxylation is 2. The molecule has 0 radical (unpaired) electrons. The number of nitrogens with two attached hydrogens (primary N) is 1. The zero-order chi connectivity index (χ0) is 19.9. The molecular weight excluding hydrogens is 384 g/mol. The van der Waals surface area contributed by atoms with E-state index in [1.165, 1.54) is 23.9 Å². The number of aromatic nitrogens is 3. The van der Waals surface area contributed by atoms with Crippen LogP contribution in [0.4, 0.5) is 0 Å². The number of fused-ring (bicyclic) bond motifs is 1. The van der Waals surface area contributed by atoms with Crippen molar-refractivity contribution in [3.63, 3.8) is 0 Å². The number of nitrogens with zero attached hydrogens (tertiary/aromatic N) is 3. The second-order valence-corrected chi connectivity index (χ2v) is 8.89. The maximum Gasteiger partial charge on any atom is 0.238 e. The smallest absolute Gasteiger partial charge is 0.238 e. The highest BCUT2D eigenvalue weighted by Crippen LogP contribution is 2.26. The van der Waals surface area contributed by atoms with Crippen LogP contribution in [0.2, 0.25) is 0 Å². The van der Waals surface area contributed by atoms with E-state index in [2.05, 4.69) is 16.5 Å². The number of rotatable bonds is 6. The summed E-state index contributed by atoms with van der Waals surface area (Å²) < 4.78 is 27.0. The molecule has 0 amide bonds. The fourth-order valence-electron chi connectivity index (χ4n) is 3.24. The van der Waals surface area contributed by atoms with E-state index in [0.717, 1.165) is 29.0 Å². The summed E-state index contributed by atoms with van der Waals surface area (Å²) in [4.78, 5) is 17.1. The van der Waals surface area contributed by atoms with Crippen molar-refractivity contribution in [3.05, 3.63) is 41.2 Å². The maximum absolute atomic E-state index is 12.7. The molecule has 0 aliphatic carbocycles. The Balaban J connectivity index is 1.85. The molecule has 0 unspecified atom stereocenters. The lowest BCUT2D eigenvalue weighted by Gasteiger charge is -2.06. The molecule has 2 N–H and O–H groups in total. The Morgan fingerprint density at radius 2 is 1.96 bits per heavy atom. The highest BCUT2D eigenvalue weighted by atomic mass is 32.2. The quantitative estimate of drug-likeness (QED) is 0.501. The van der Waals surface area contributed by atoms with Gasteiger partial charge in [-0.25, -0.2) is 18.5 Å². The Bertz CT molecular complexity index is 1140. The van der Waals surface area contributed by atoms with Gasteiger partial charge in [-0.05, 0) is 45.0 Å². The molecule has 0 saturated carbocycles. The van der Waals surface area contributed by atoms with E-state index in [9.17, 15) is 13.2 Å². The van der Waals surface area contributed by atoms with E-state index >= 15 is 0 Å². The highest BCUT2D eigenvalue weighted by molar-refractivity contribution is 7.99. The van der Waals surface area contributed by atoms with Gasteiger partial charge in [-0.15, -0.1) is 0 Å². The molecule has 0 fully saturated rings. The van der Waals surface area contributed by atoms with Crippen LogP contribution in [0.5, 0.6) is 0 Å². The molecule has 2 heterocycles. The van der Waals surface area contributed by atoms with E-state index in [1.54, 1.807) is 6.07 Å². The summed E-state index contributed by atoms with van der Waals surface area (Å²) in [5, 5.41) is 5.83. The van der Waals surface area contributed by atoms with Gasteiger partial charge in [0, 0.05) is 30.5 Å². The summed E-state index contributed by atoms with van der Waals surface area (Å²) in [6.45, 7) is 6.83. The predicted molar refractivity (Wildman–Crippen MR) is 107 cm³/mol. The van der Waals surface area contributed by atoms with Crippen LogP contribution < -0.4 is 5.14 Å². The van der Waals surface area contributed by atoms with Crippen LogP contribution in [-0.4, -0.2) is 34.1 Å². The van der Waals surface area contributed by atoms with Crippen molar-refractivity contribution in [1.29, 1.82) is 0 Å². The molecule has 0 aliphatic heterocycles. The van der Waals surface area contributed by atoms with Crippen LogP contribution in [-0.2, 0) is 23.6 Å². The van der Waals surface area contributed by atoms with E-state index in [4.69, 9.17) is 5.14 Å². The zero-order valence-electron chi connectivity index (χ0n) is 15.7. The van der Waals surface area contributed by atoms with Gasteiger partial charge in [0.15, 0.2) is 10.9 Å². The summed E-state index contributed by atoms with van der Waals surface area (Å²) in [7, 11) is -1.95. The molecule has 3 rings (SSSR count). The summed E-state index contributed by atoms with van der Waals surface area (Å²) in [5.41, 5.74) is 4.09. The zero-order valence-corrected chi connectivity index (χ0v) is 17.3. The highest BCUT2D eigenvalue weighted by Gasteiger charge is 2.18. The van der Waals surface area contributed by atoms with Crippen molar-refractivity contribution in [2.24, 2.45) is 12.2 Å². The third kappa shape index (κ3) is 3.67. The SMILES string of the molecule is CCn1c(C)cc(C(=O)CSc2nc3cc(S(N)(=O)=O)ccc3n2C)c1C. The average molecular weight is 407 g/mol. The fourth-order valence-corrected chi connectivity index (χ4v) is 4.65. The molecule has 0 aliphatic rings. The molecular formula is C18H22N4O3S2. The number of ketones is 1. The monoisotopic (exact) mass is 406 g/mol. The lowest BCUT2D eigenvalue weighted by atomic mass is 10.2. The first-order valence-electron chi connectivity index (χ1n) is 8.45. The van der Waals surface area contributed by atoms with Gasteiger partial charge < -0.3 is 9.13 Å². The first-order chi connectivity index (χ1) is 12.6. The predicted octanol–water partition coefficient (Wildman–Crippen LogP) is 2.63. The molecule has 144 valence electrons. The first-order valence-corrected chi connectivity index (χ1v) is 11.0. The van der Waals surface area contributed by atoms with Gasteiger partial charge in [-0.3, -0.25) is 4.79 Å². The molecule has 1 aromatic carbocycles. The van der Waals surface area contributed by atoms with Crippen molar-refractivity contribution >= 4 is 38.6 Å². The number of thioether (sulfide) groups is 1. The van der Waals surface area contributed by atoms with Gasteiger partial charge >= 0.3 is 0 Å². The van der Waals surface area contributed by atoms with E-state index < -0.39 is 10.0 Å². The van der Waals surface area contributed by atoms with Gasteiger partial charge in [0.1, 0.15) is 0 Å². The molecule has 2 aromatic heterocycles. The average Bonchev–Trinajstić information content (AvgIpc) is 3.08. The number of hydrogen-bond donors (Lipinski definition) is 1. The Kier molecular flexibility index (Phi) is 5.20. The van der Waals surface area contributed by atoms with Crippen LogP contribution in [0.15, 0.2) is 34.3 Å². The van der Waals surface area contributed by atoms with Crippen molar-refractivity contribution < 1.29 is 13.2 Å². The number of Topliss-reactive ketones (excluding diaryl/α,β-unsaturated/α-hetero) is 1. The standard InChI is InChI=1S/C18H22N4O3S2/c1-5-22-11(2)8-14(12(22)3)17(23)10-26-18-20-15-9-13(27(19,24)25)6-7-16(15)21(18)4/h6-9H,5,10H2,1-4H3,(H2,19,24,25). The van der Waals surface area contributed by atoms with Gasteiger partial charge in [0.25, 0.3) is 0 Å².